The van der Waals surface area contributed by atoms with Crippen molar-refractivity contribution in [2.45, 2.75) is 25.8 Å². The van der Waals surface area contributed by atoms with Gasteiger partial charge in [-0.3, -0.25) is 4.98 Å². The molecule has 1 unspecified atom stereocenters. The Hall–Kier alpha value is -1.58. The fourth-order valence-electron chi connectivity index (χ4n) is 2.07. The van der Waals surface area contributed by atoms with Crippen LogP contribution in [-0.2, 0) is 6.42 Å². The fraction of sp³-hybridized carbons (Fsp3) is 0.353. The summed E-state index contributed by atoms with van der Waals surface area (Å²) in [6.45, 7) is 3.76. The van der Waals surface area contributed by atoms with Crippen molar-refractivity contribution in [2.24, 2.45) is 0 Å². The molecule has 0 fully saturated rings. The normalized spacial score (nSPS) is 12.1. The van der Waals surface area contributed by atoms with E-state index in [-0.39, 0.29) is 6.04 Å². The van der Waals surface area contributed by atoms with Gasteiger partial charge < -0.3 is 10.1 Å². The van der Waals surface area contributed by atoms with E-state index in [1.165, 1.54) is 5.56 Å². The Morgan fingerprint density at radius 1 is 1.24 bits per heavy atom. The third-order valence-corrected chi connectivity index (χ3v) is 3.40. The minimum absolute atomic E-state index is 0.268. The zero-order valence-corrected chi connectivity index (χ0v) is 13.0. The topological polar surface area (TPSA) is 34.1 Å². The second-order valence-electron chi connectivity index (χ2n) is 4.98. The monoisotopic (exact) mass is 304 g/mol. The molecule has 1 atom stereocenters. The number of benzene rings is 1. The second kappa shape index (κ2) is 8.65. The Bertz CT molecular complexity index is 516. The number of ether oxygens (including phenoxy) is 1. The summed E-state index contributed by atoms with van der Waals surface area (Å²) in [5.41, 5.74) is 1.21. The van der Waals surface area contributed by atoms with Crippen molar-refractivity contribution in [3.05, 3.63) is 59.4 Å². The first-order valence-electron chi connectivity index (χ1n) is 7.28. The summed E-state index contributed by atoms with van der Waals surface area (Å²) >= 11 is 5.88. The molecule has 0 aliphatic heterocycles. The molecule has 0 radical (unpaired) electrons. The van der Waals surface area contributed by atoms with Crippen molar-refractivity contribution >= 4 is 11.6 Å². The minimum Gasteiger partial charge on any atom is -0.492 e. The number of nitrogens with zero attached hydrogens (tertiary/aromatic N) is 1. The standard InChI is InChI=1S/C17H21ClN2O/c1-2-9-20-16(11-14-4-3-10-19-12-14)13-21-17-7-5-15(18)6-8-17/h3-8,10,12,16,20H,2,9,11,13H2,1H3. The molecule has 112 valence electrons. The van der Waals surface area contributed by atoms with Crippen molar-refractivity contribution in [3.8, 4) is 5.75 Å². The minimum atomic E-state index is 0.268. The number of aromatic nitrogens is 1. The van der Waals surface area contributed by atoms with Gasteiger partial charge in [-0.05, 0) is 55.3 Å². The number of rotatable bonds is 8. The molecule has 0 spiro atoms. The maximum atomic E-state index is 5.88. The molecule has 21 heavy (non-hydrogen) atoms. The van der Waals surface area contributed by atoms with Crippen LogP contribution in [0.25, 0.3) is 0 Å². The highest BCUT2D eigenvalue weighted by atomic mass is 35.5. The Labute approximate surface area is 131 Å². The van der Waals surface area contributed by atoms with Gasteiger partial charge in [0.25, 0.3) is 0 Å². The Morgan fingerprint density at radius 3 is 2.71 bits per heavy atom. The highest BCUT2D eigenvalue weighted by Gasteiger charge is 2.10. The number of hydrogen-bond donors (Lipinski definition) is 1. The maximum absolute atomic E-state index is 5.88. The molecular formula is C17H21ClN2O. The lowest BCUT2D eigenvalue weighted by Gasteiger charge is -2.19. The summed E-state index contributed by atoms with van der Waals surface area (Å²) in [5.74, 6) is 0.842. The predicted molar refractivity (Wildman–Crippen MR) is 87.0 cm³/mol. The van der Waals surface area contributed by atoms with Gasteiger partial charge in [-0.15, -0.1) is 0 Å². The smallest absolute Gasteiger partial charge is 0.119 e. The van der Waals surface area contributed by atoms with Crippen molar-refractivity contribution < 1.29 is 4.74 Å². The average Bonchev–Trinajstić information content (AvgIpc) is 2.52. The summed E-state index contributed by atoms with van der Waals surface area (Å²) < 4.78 is 5.85. The maximum Gasteiger partial charge on any atom is 0.119 e. The van der Waals surface area contributed by atoms with Gasteiger partial charge >= 0.3 is 0 Å². The summed E-state index contributed by atoms with van der Waals surface area (Å²) in [5, 5.41) is 4.24. The number of nitrogens with one attached hydrogen (secondary N) is 1. The Balaban J connectivity index is 1.91. The zero-order chi connectivity index (χ0) is 14.9. The number of hydrogen-bond acceptors (Lipinski definition) is 3. The quantitative estimate of drug-likeness (QED) is 0.807. The zero-order valence-electron chi connectivity index (χ0n) is 12.3. The van der Waals surface area contributed by atoms with Crippen LogP contribution in [0.15, 0.2) is 48.8 Å². The first kappa shape index (κ1) is 15.8. The van der Waals surface area contributed by atoms with E-state index in [2.05, 4.69) is 23.3 Å². The van der Waals surface area contributed by atoms with E-state index in [9.17, 15) is 0 Å². The van der Waals surface area contributed by atoms with Crippen molar-refractivity contribution in [1.82, 2.24) is 10.3 Å². The van der Waals surface area contributed by atoms with Crippen LogP contribution >= 0.6 is 11.6 Å². The highest BCUT2D eigenvalue weighted by molar-refractivity contribution is 6.30. The average molecular weight is 305 g/mol. The number of halogens is 1. The first-order valence-corrected chi connectivity index (χ1v) is 7.66. The molecule has 1 N–H and O–H groups in total. The first-order chi connectivity index (χ1) is 10.3. The van der Waals surface area contributed by atoms with Crippen LogP contribution in [0.5, 0.6) is 5.75 Å². The summed E-state index contributed by atoms with van der Waals surface area (Å²) in [6.07, 6.45) is 5.71. The molecule has 1 aromatic carbocycles. The van der Waals surface area contributed by atoms with E-state index in [0.29, 0.717) is 6.61 Å². The molecule has 2 aromatic rings. The molecule has 0 bridgehead atoms. The fourth-order valence-corrected chi connectivity index (χ4v) is 2.20. The van der Waals surface area contributed by atoms with Gasteiger partial charge in [0, 0.05) is 23.5 Å². The lowest BCUT2D eigenvalue weighted by molar-refractivity contribution is 0.263. The van der Waals surface area contributed by atoms with Gasteiger partial charge in [0.15, 0.2) is 0 Å². The van der Waals surface area contributed by atoms with E-state index < -0.39 is 0 Å². The molecule has 0 amide bonds. The molecule has 0 saturated carbocycles. The Kier molecular flexibility index (Phi) is 6.51. The molecule has 1 aromatic heterocycles. The third-order valence-electron chi connectivity index (χ3n) is 3.15. The van der Waals surface area contributed by atoms with Crippen LogP contribution in [0.3, 0.4) is 0 Å². The molecule has 0 aliphatic rings. The molecule has 2 rings (SSSR count). The van der Waals surface area contributed by atoms with Crippen LogP contribution in [0.2, 0.25) is 5.02 Å². The number of pyridine rings is 1. The molecule has 4 heteroatoms. The van der Waals surface area contributed by atoms with Crippen LogP contribution in [-0.4, -0.2) is 24.2 Å². The molecule has 1 heterocycles. The van der Waals surface area contributed by atoms with E-state index in [4.69, 9.17) is 16.3 Å². The summed E-state index contributed by atoms with van der Waals surface area (Å²) in [4.78, 5) is 4.16. The van der Waals surface area contributed by atoms with E-state index >= 15 is 0 Å². The van der Waals surface area contributed by atoms with Gasteiger partial charge in [-0.1, -0.05) is 24.6 Å². The van der Waals surface area contributed by atoms with Crippen molar-refractivity contribution in [3.63, 3.8) is 0 Å². The highest BCUT2D eigenvalue weighted by Crippen LogP contribution is 2.16. The van der Waals surface area contributed by atoms with Gasteiger partial charge in [-0.25, -0.2) is 0 Å². The van der Waals surface area contributed by atoms with Crippen LogP contribution in [0.1, 0.15) is 18.9 Å². The summed E-state index contributed by atoms with van der Waals surface area (Å²) in [7, 11) is 0. The van der Waals surface area contributed by atoms with Crippen molar-refractivity contribution in [1.29, 1.82) is 0 Å². The lowest BCUT2D eigenvalue weighted by atomic mass is 10.1. The third kappa shape index (κ3) is 5.74. The molecular weight excluding hydrogens is 284 g/mol. The molecule has 3 nitrogen and oxygen atoms in total. The predicted octanol–water partition coefficient (Wildman–Crippen LogP) is 3.72. The van der Waals surface area contributed by atoms with E-state index in [0.717, 1.165) is 30.2 Å². The molecule has 0 aliphatic carbocycles. The van der Waals surface area contributed by atoms with Gasteiger partial charge in [0.05, 0.1) is 0 Å². The largest absolute Gasteiger partial charge is 0.492 e. The SMILES string of the molecule is CCCNC(COc1ccc(Cl)cc1)Cc1cccnc1. The van der Waals surface area contributed by atoms with Gasteiger partial charge in [0.1, 0.15) is 12.4 Å². The van der Waals surface area contributed by atoms with Crippen LogP contribution in [0.4, 0.5) is 0 Å². The van der Waals surface area contributed by atoms with Gasteiger partial charge in [0.2, 0.25) is 0 Å². The summed E-state index contributed by atoms with van der Waals surface area (Å²) in [6, 6.07) is 11.8. The molecule has 0 saturated heterocycles. The van der Waals surface area contributed by atoms with Crippen molar-refractivity contribution in [2.75, 3.05) is 13.2 Å². The van der Waals surface area contributed by atoms with E-state index in [1.54, 1.807) is 6.20 Å². The lowest BCUT2D eigenvalue weighted by Crippen LogP contribution is -2.37. The van der Waals surface area contributed by atoms with Crippen LogP contribution < -0.4 is 10.1 Å². The Morgan fingerprint density at radius 2 is 2.05 bits per heavy atom. The van der Waals surface area contributed by atoms with E-state index in [1.807, 2.05) is 36.5 Å². The van der Waals surface area contributed by atoms with Crippen LogP contribution in [0, 0.1) is 0 Å². The van der Waals surface area contributed by atoms with Gasteiger partial charge in [-0.2, -0.15) is 0 Å². The second-order valence-corrected chi connectivity index (χ2v) is 5.42.